The van der Waals surface area contributed by atoms with E-state index in [-0.39, 0.29) is 0 Å². The van der Waals surface area contributed by atoms with E-state index in [4.69, 9.17) is 214 Å². The number of rotatable bonds is 0. The van der Waals surface area contributed by atoms with Crippen LogP contribution in [0.1, 0.15) is 0 Å². The monoisotopic (exact) mass is 740 g/mol. The van der Waals surface area contributed by atoms with Crippen LogP contribution in [0.5, 0.6) is 0 Å². The van der Waals surface area contributed by atoms with Crippen molar-refractivity contribution in [3.05, 3.63) is 0 Å². The van der Waals surface area contributed by atoms with Crippen molar-refractivity contribution in [1.29, 1.82) is 0 Å². The number of hydrogen-bond donors (Lipinski definition) is 1. The van der Waals surface area contributed by atoms with Gasteiger partial charge >= 0.3 is 0 Å². The second kappa shape index (κ2) is 47.8. The van der Waals surface area contributed by atoms with E-state index < -0.39 is 25.8 Å². The molecule has 0 aliphatic heterocycles. The molecule has 1 nitrogen and oxygen atoms in total. The normalized spacial score (nSPS) is 8.54. The molecule has 26 heavy (non-hydrogen) atoms. The number of aliphatic hydroxyl groups is 1. The van der Waals surface area contributed by atoms with Crippen LogP contribution in [-0.2, 0) is 0 Å². The molecule has 0 unspecified atom stereocenters. The lowest BCUT2D eigenvalue weighted by Crippen LogP contribution is -1.55. The maximum atomic E-state index is 7.00. The second-order valence-corrected chi connectivity index (χ2v) is 13.4. The summed E-state index contributed by atoms with van der Waals surface area (Å²) in [4.78, 5) is 0. The highest BCUT2D eigenvalue weighted by Crippen LogP contribution is 2.05. The topological polar surface area (TPSA) is 20.2 Å². The number of aliphatic hydroxyl groups excluding tert-OH is 1. The van der Waals surface area contributed by atoms with Gasteiger partial charge in [-0.1, -0.05) is 209 Å². The highest BCUT2D eigenvalue weighted by atomic mass is 35.6. The van der Waals surface area contributed by atoms with E-state index >= 15 is 0 Å². The summed E-state index contributed by atoms with van der Waals surface area (Å²) >= 11 is 86.5. The van der Waals surface area contributed by atoms with Crippen molar-refractivity contribution in [3.8, 4) is 0 Å². The first-order chi connectivity index (χ1) is 11.4. The minimum Gasteiger partial charge on any atom is -0.400 e. The smallest absolute Gasteiger partial charge is 0.180 e. The molecule has 0 heterocycles. The summed E-state index contributed by atoms with van der Waals surface area (Å²) in [5.74, 6) is 0. The Labute approximate surface area is 243 Å². The Morgan fingerprint density at radius 3 is 0.269 bits per heavy atom. The molecule has 0 fully saturated rings. The summed E-state index contributed by atoms with van der Waals surface area (Å²) in [5, 5.41) is 7.00. The number of halogens is 18. The van der Waals surface area contributed by atoms with Crippen LogP contribution in [0, 0.1) is 0 Å². The van der Waals surface area contributed by atoms with Gasteiger partial charge in [-0.15, -0.1) is 0 Å². The van der Waals surface area contributed by atoms with Crippen LogP contribution in [0.2, 0.25) is 0 Å². The van der Waals surface area contributed by atoms with E-state index in [2.05, 4.69) is 0 Å². The molecule has 1 N–H and O–H groups in total. The molecule has 170 valence electrons. The Hall–Kier alpha value is 5.18. The molecule has 0 amide bonds. The van der Waals surface area contributed by atoms with Gasteiger partial charge in [0.2, 0.25) is 0 Å². The number of alkyl halides is 18. The zero-order valence-electron chi connectivity index (χ0n) is 11.7. The van der Waals surface area contributed by atoms with Gasteiger partial charge in [0.25, 0.3) is 0 Å². The van der Waals surface area contributed by atoms with Crippen LogP contribution in [0.15, 0.2) is 0 Å². The molecule has 0 radical (unpaired) electrons. The molecule has 0 saturated heterocycles. The number of hydrogen-bond acceptors (Lipinski definition) is 1. The molecule has 0 spiro atoms. The Kier molecular flexibility index (Phi) is 89.3. The zero-order valence-corrected chi connectivity index (χ0v) is 25.3. The first kappa shape index (κ1) is 48.6. The van der Waals surface area contributed by atoms with Crippen LogP contribution < -0.4 is 0 Å². The van der Waals surface area contributed by atoms with Crippen molar-refractivity contribution < 1.29 is 5.11 Å². The molecule has 0 aliphatic carbocycles. The molecule has 19 heteroatoms. The molecule has 0 aromatic heterocycles. The van der Waals surface area contributed by atoms with Crippen molar-refractivity contribution in [2.75, 3.05) is 7.11 Å². The van der Waals surface area contributed by atoms with Crippen molar-refractivity contribution >= 4 is 209 Å². The lowest BCUT2D eigenvalue weighted by molar-refractivity contribution is 0.399. The van der Waals surface area contributed by atoms with Gasteiger partial charge in [0, 0.05) is 7.11 Å². The summed E-state index contributed by atoms with van der Waals surface area (Å²) in [5.41, 5.74) is 0. The summed E-state index contributed by atoms with van der Waals surface area (Å²) in [6.45, 7) is 0. The van der Waals surface area contributed by atoms with Crippen LogP contribution >= 0.6 is 209 Å². The molecule has 0 atom stereocenters. The first-order valence-electron chi connectivity index (χ1n) is 4.38. The quantitative estimate of drug-likeness (QED) is 0.245. The van der Waals surface area contributed by atoms with Crippen LogP contribution in [0.3, 0.4) is 0 Å². The molecule has 0 bridgehead atoms. The lowest BCUT2D eigenvalue weighted by Gasteiger charge is -1.69. The standard InChI is InChI=1S/6CHCl3.CH4O/c6*2-1(3)4;1-2/h6*1H;2H,1H3. The molecule has 0 rings (SSSR count). The maximum Gasteiger partial charge on any atom is 0.180 e. The highest BCUT2D eigenvalue weighted by molar-refractivity contribution is 6.65. The van der Waals surface area contributed by atoms with E-state index in [1.54, 1.807) is 0 Å². The predicted octanol–water partition coefficient (Wildman–Crippen LogP) is 11.5. The molecule has 0 aromatic carbocycles. The fourth-order valence-electron chi connectivity index (χ4n) is 0. The Bertz CT molecular complexity index is 103. The van der Waals surface area contributed by atoms with Gasteiger partial charge in [0.1, 0.15) is 0 Å². The Balaban J connectivity index is -0.0000000327. The SMILES string of the molecule is CO.ClC(Cl)Cl.ClC(Cl)Cl.ClC(Cl)Cl.ClC(Cl)Cl.ClC(Cl)Cl.ClC(Cl)Cl. The third-order valence-corrected chi connectivity index (χ3v) is 0. The molecular formula is C7H10Cl18O. The van der Waals surface area contributed by atoms with Crippen molar-refractivity contribution in [3.63, 3.8) is 0 Å². The van der Waals surface area contributed by atoms with Crippen LogP contribution in [-0.4, -0.2) is 38.0 Å². The summed E-state index contributed by atoms with van der Waals surface area (Å²) in [7, 11) is 1.00. The molecular weight excluding hydrogens is 738 g/mol. The van der Waals surface area contributed by atoms with Gasteiger partial charge in [-0.25, -0.2) is 0 Å². The molecule has 0 saturated carbocycles. The van der Waals surface area contributed by atoms with Crippen LogP contribution in [0.25, 0.3) is 0 Å². The Morgan fingerprint density at radius 2 is 0.269 bits per heavy atom. The Morgan fingerprint density at radius 1 is 0.269 bits per heavy atom. The summed E-state index contributed by atoms with van der Waals surface area (Å²) in [6.07, 6.45) is 0. The summed E-state index contributed by atoms with van der Waals surface area (Å²) < 4.78 is -4.50. The third kappa shape index (κ3) is 864. The second-order valence-electron chi connectivity index (χ2n) is 1.48. The predicted molar refractivity (Wildman–Crippen MR) is 136 cm³/mol. The van der Waals surface area contributed by atoms with Gasteiger partial charge in [0.05, 0.1) is 0 Å². The average molecular weight is 748 g/mol. The van der Waals surface area contributed by atoms with E-state index in [9.17, 15) is 0 Å². The fraction of sp³-hybridized carbons (Fsp3) is 1.00. The van der Waals surface area contributed by atoms with E-state index in [1.165, 1.54) is 0 Å². The highest BCUT2D eigenvalue weighted by Gasteiger charge is 1.80. The van der Waals surface area contributed by atoms with E-state index in [1.807, 2.05) is 0 Å². The van der Waals surface area contributed by atoms with Crippen LogP contribution in [0.4, 0.5) is 0 Å². The van der Waals surface area contributed by atoms with Gasteiger partial charge in [0.15, 0.2) is 25.8 Å². The molecule has 0 aromatic rings. The van der Waals surface area contributed by atoms with Crippen molar-refractivity contribution in [2.45, 2.75) is 25.8 Å². The molecule has 0 aliphatic rings. The largest absolute Gasteiger partial charge is 0.400 e. The van der Waals surface area contributed by atoms with E-state index in [0.717, 1.165) is 7.11 Å². The zero-order chi connectivity index (χ0) is 23.5. The van der Waals surface area contributed by atoms with Gasteiger partial charge in [-0.2, -0.15) is 0 Å². The van der Waals surface area contributed by atoms with E-state index in [0.29, 0.717) is 0 Å². The minimum atomic E-state index is -0.750. The van der Waals surface area contributed by atoms with Crippen molar-refractivity contribution in [2.24, 2.45) is 0 Å². The summed E-state index contributed by atoms with van der Waals surface area (Å²) in [6, 6.07) is 0. The lowest BCUT2D eigenvalue weighted by atomic mass is 11.8. The van der Waals surface area contributed by atoms with Gasteiger partial charge in [-0.05, 0) is 0 Å². The third-order valence-electron chi connectivity index (χ3n) is 0. The average Bonchev–Trinajstić information content (AvgIpc) is 2.25. The minimum absolute atomic E-state index is 0.750. The maximum absolute atomic E-state index is 7.00. The fourth-order valence-corrected chi connectivity index (χ4v) is 0. The van der Waals surface area contributed by atoms with Crippen molar-refractivity contribution in [1.82, 2.24) is 0 Å². The first-order valence-corrected chi connectivity index (χ1v) is 12.2. The van der Waals surface area contributed by atoms with Gasteiger partial charge in [-0.3, -0.25) is 0 Å². The van der Waals surface area contributed by atoms with Gasteiger partial charge < -0.3 is 5.11 Å².